The number of amides is 4. The first-order valence-corrected chi connectivity index (χ1v) is 8.47. The van der Waals surface area contributed by atoms with Crippen LogP contribution in [0.5, 0.6) is 0 Å². The predicted molar refractivity (Wildman–Crippen MR) is 100 cm³/mol. The highest BCUT2D eigenvalue weighted by molar-refractivity contribution is 6.05. The predicted octanol–water partition coefficient (Wildman–Crippen LogP) is 3.32. The highest BCUT2D eigenvalue weighted by Gasteiger charge is 2.23. The molecular weight excluding hydrogens is 351 g/mol. The lowest BCUT2D eigenvalue weighted by Gasteiger charge is -2.10. The zero-order chi connectivity index (χ0) is 19.4. The quantitative estimate of drug-likeness (QED) is 0.650. The molecule has 0 bridgehead atoms. The lowest BCUT2D eigenvalue weighted by Crippen LogP contribution is -2.30. The van der Waals surface area contributed by atoms with Gasteiger partial charge in [0.1, 0.15) is 5.82 Å². The van der Waals surface area contributed by atoms with E-state index >= 15 is 0 Å². The standard InChI is InChI=1S/C19H19FN4O3/c1-11(25)21-15-8-9-16(20)17(10-15)24-18(26)12-2-4-13(5-3-12)22-19(27)23-14-6-7-14/h2-5,8-10,14H,6-7H2,1H3,(H,21,25)(H,24,26)(H2,22,23,27). The fraction of sp³-hybridized carbons (Fsp3) is 0.211. The van der Waals surface area contributed by atoms with Gasteiger partial charge in [0.15, 0.2) is 0 Å². The summed E-state index contributed by atoms with van der Waals surface area (Å²) in [4.78, 5) is 35.1. The summed E-state index contributed by atoms with van der Waals surface area (Å²) in [6, 6.07) is 10.1. The van der Waals surface area contributed by atoms with Gasteiger partial charge in [-0.2, -0.15) is 0 Å². The molecule has 0 aromatic heterocycles. The summed E-state index contributed by atoms with van der Waals surface area (Å²) >= 11 is 0. The second-order valence-corrected chi connectivity index (χ2v) is 6.28. The topological polar surface area (TPSA) is 99.3 Å². The number of rotatable bonds is 5. The van der Waals surface area contributed by atoms with E-state index in [0.717, 1.165) is 18.9 Å². The summed E-state index contributed by atoms with van der Waals surface area (Å²) in [6.07, 6.45) is 1.98. The number of benzene rings is 2. The SMILES string of the molecule is CC(=O)Nc1ccc(F)c(NC(=O)c2ccc(NC(=O)NC3CC3)cc2)c1. The van der Waals surface area contributed by atoms with E-state index in [1.165, 1.54) is 31.2 Å². The Kier molecular flexibility index (Phi) is 5.35. The molecule has 1 fully saturated rings. The lowest BCUT2D eigenvalue weighted by molar-refractivity contribution is -0.114. The maximum Gasteiger partial charge on any atom is 0.319 e. The van der Waals surface area contributed by atoms with Crippen LogP contribution in [0.15, 0.2) is 42.5 Å². The van der Waals surface area contributed by atoms with Crippen molar-refractivity contribution in [3.05, 3.63) is 53.8 Å². The summed E-state index contributed by atoms with van der Waals surface area (Å²) < 4.78 is 13.9. The maximum atomic E-state index is 13.9. The number of nitrogens with one attached hydrogen (secondary N) is 4. The third kappa shape index (κ3) is 5.27. The van der Waals surface area contributed by atoms with E-state index in [-0.39, 0.29) is 23.7 Å². The molecule has 3 rings (SSSR count). The van der Waals surface area contributed by atoms with E-state index in [2.05, 4.69) is 21.3 Å². The monoisotopic (exact) mass is 370 g/mol. The molecule has 0 aliphatic heterocycles. The molecule has 27 heavy (non-hydrogen) atoms. The Hall–Kier alpha value is -3.42. The molecule has 1 aliphatic rings. The van der Waals surface area contributed by atoms with Gasteiger partial charge in [0.05, 0.1) is 5.69 Å². The fourth-order valence-electron chi connectivity index (χ4n) is 2.38. The Morgan fingerprint density at radius 2 is 1.59 bits per heavy atom. The van der Waals surface area contributed by atoms with Crippen LogP contribution in [0, 0.1) is 5.82 Å². The average Bonchev–Trinajstić information content (AvgIpc) is 3.41. The van der Waals surface area contributed by atoms with Crippen LogP contribution in [0.2, 0.25) is 0 Å². The van der Waals surface area contributed by atoms with E-state index < -0.39 is 11.7 Å². The highest BCUT2D eigenvalue weighted by atomic mass is 19.1. The molecule has 7 nitrogen and oxygen atoms in total. The second kappa shape index (κ2) is 7.86. The van der Waals surface area contributed by atoms with Gasteiger partial charge < -0.3 is 21.3 Å². The van der Waals surface area contributed by atoms with Crippen LogP contribution in [0.25, 0.3) is 0 Å². The third-order valence-electron chi connectivity index (χ3n) is 3.85. The molecule has 4 N–H and O–H groups in total. The van der Waals surface area contributed by atoms with Crippen molar-refractivity contribution in [2.24, 2.45) is 0 Å². The Bertz CT molecular complexity index is 879. The Balaban J connectivity index is 1.63. The van der Waals surface area contributed by atoms with Gasteiger partial charge in [-0.3, -0.25) is 9.59 Å². The van der Waals surface area contributed by atoms with E-state index in [0.29, 0.717) is 16.9 Å². The minimum absolute atomic E-state index is 0.0442. The number of carbonyl (C=O) groups is 3. The van der Waals surface area contributed by atoms with Crippen molar-refractivity contribution in [3.8, 4) is 0 Å². The number of halogens is 1. The first-order chi connectivity index (χ1) is 12.9. The van der Waals surface area contributed by atoms with Crippen LogP contribution in [0.1, 0.15) is 30.1 Å². The van der Waals surface area contributed by atoms with Gasteiger partial charge in [0.2, 0.25) is 5.91 Å². The normalized spacial score (nSPS) is 12.8. The van der Waals surface area contributed by atoms with Crippen molar-refractivity contribution in [2.75, 3.05) is 16.0 Å². The number of hydrogen-bond acceptors (Lipinski definition) is 3. The first kappa shape index (κ1) is 18.4. The minimum atomic E-state index is -0.618. The molecule has 1 saturated carbocycles. The van der Waals surface area contributed by atoms with Gasteiger partial charge >= 0.3 is 6.03 Å². The number of anilines is 3. The molecular formula is C19H19FN4O3. The summed E-state index contributed by atoms with van der Waals surface area (Å²) in [5.41, 5.74) is 1.17. The van der Waals surface area contributed by atoms with E-state index in [1.54, 1.807) is 12.1 Å². The molecule has 8 heteroatoms. The van der Waals surface area contributed by atoms with Gasteiger partial charge in [0, 0.05) is 29.9 Å². The number of urea groups is 1. The summed E-state index contributed by atoms with van der Waals surface area (Å²) in [6.45, 7) is 1.34. The van der Waals surface area contributed by atoms with E-state index in [4.69, 9.17) is 0 Å². The fourth-order valence-corrected chi connectivity index (χ4v) is 2.38. The summed E-state index contributed by atoms with van der Waals surface area (Å²) in [7, 11) is 0. The van der Waals surface area contributed by atoms with Gasteiger partial charge in [-0.15, -0.1) is 0 Å². The Labute approximate surface area is 155 Å². The summed E-state index contributed by atoms with van der Waals surface area (Å²) in [5, 5.41) is 10.5. The molecule has 0 unspecified atom stereocenters. The highest BCUT2D eigenvalue weighted by Crippen LogP contribution is 2.21. The van der Waals surface area contributed by atoms with Gasteiger partial charge in [0.25, 0.3) is 5.91 Å². The zero-order valence-corrected chi connectivity index (χ0v) is 14.6. The van der Waals surface area contributed by atoms with Crippen molar-refractivity contribution in [1.82, 2.24) is 5.32 Å². The average molecular weight is 370 g/mol. The Morgan fingerprint density at radius 1 is 0.926 bits per heavy atom. The largest absolute Gasteiger partial charge is 0.335 e. The number of hydrogen-bond donors (Lipinski definition) is 4. The van der Waals surface area contributed by atoms with Gasteiger partial charge in [-0.1, -0.05) is 0 Å². The van der Waals surface area contributed by atoms with Crippen molar-refractivity contribution in [3.63, 3.8) is 0 Å². The van der Waals surface area contributed by atoms with E-state index in [1.807, 2.05) is 0 Å². The van der Waals surface area contributed by atoms with E-state index in [9.17, 15) is 18.8 Å². The minimum Gasteiger partial charge on any atom is -0.335 e. The van der Waals surface area contributed by atoms with Crippen molar-refractivity contribution in [1.29, 1.82) is 0 Å². The second-order valence-electron chi connectivity index (χ2n) is 6.28. The molecule has 0 spiro atoms. The molecule has 140 valence electrons. The molecule has 0 saturated heterocycles. The maximum absolute atomic E-state index is 13.9. The smallest absolute Gasteiger partial charge is 0.319 e. The van der Waals surface area contributed by atoms with Crippen molar-refractivity contribution >= 4 is 34.9 Å². The molecule has 0 radical (unpaired) electrons. The summed E-state index contributed by atoms with van der Waals surface area (Å²) in [5.74, 6) is -1.43. The first-order valence-electron chi connectivity index (χ1n) is 8.47. The van der Waals surface area contributed by atoms with Crippen LogP contribution in [0.4, 0.5) is 26.2 Å². The molecule has 1 aliphatic carbocycles. The third-order valence-corrected chi connectivity index (χ3v) is 3.85. The van der Waals surface area contributed by atoms with Crippen molar-refractivity contribution < 1.29 is 18.8 Å². The Morgan fingerprint density at radius 3 is 2.22 bits per heavy atom. The number of carbonyl (C=O) groups excluding carboxylic acids is 3. The molecule has 2 aromatic carbocycles. The zero-order valence-electron chi connectivity index (χ0n) is 14.6. The van der Waals surface area contributed by atoms with Crippen LogP contribution in [-0.2, 0) is 4.79 Å². The molecule has 2 aromatic rings. The van der Waals surface area contributed by atoms with Crippen molar-refractivity contribution in [2.45, 2.75) is 25.8 Å². The van der Waals surface area contributed by atoms with Crippen LogP contribution >= 0.6 is 0 Å². The van der Waals surface area contributed by atoms with Crippen LogP contribution in [-0.4, -0.2) is 23.9 Å². The van der Waals surface area contributed by atoms with Crippen LogP contribution in [0.3, 0.4) is 0 Å². The van der Waals surface area contributed by atoms with Crippen LogP contribution < -0.4 is 21.3 Å². The molecule has 0 atom stereocenters. The van der Waals surface area contributed by atoms with Gasteiger partial charge in [-0.05, 0) is 55.3 Å². The lowest BCUT2D eigenvalue weighted by atomic mass is 10.2. The molecule has 4 amide bonds. The van der Waals surface area contributed by atoms with Gasteiger partial charge in [-0.25, -0.2) is 9.18 Å². The molecule has 0 heterocycles.